The van der Waals surface area contributed by atoms with Crippen LogP contribution in [0.3, 0.4) is 0 Å². The van der Waals surface area contributed by atoms with Crippen LogP contribution in [-0.2, 0) is 6.61 Å². The Hall–Kier alpha value is -3.67. The molecule has 0 radical (unpaired) electrons. The molecule has 5 nitrogen and oxygen atoms in total. The quantitative estimate of drug-likeness (QED) is 0.607. The van der Waals surface area contributed by atoms with E-state index in [4.69, 9.17) is 4.74 Å². The Morgan fingerprint density at radius 3 is 2.33 bits per heavy atom. The Bertz CT molecular complexity index is 1040. The van der Waals surface area contributed by atoms with E-state index < -0.39 is 0 Å². The van der Waals surface area contributed by atoms with Gasteiger partial charge in [-0.05, 0) is 73.0 Å². The van der Waals surface area contributed by atoms with E-state index in [9.17, 15) is 14.0 Å². The van der Waals surface area contributed by atoms with E-state index in [-0.39, 0.29) is 24.2 Å². The molecule has 0 heterocycles. The van der Waals surface area contributed by atoms with Crippen LogP contribution in [0.2, 0.25) is 0 Å². The third kappa shape index (κ3) is 5.23. The Labute approximate surface area is 173 Å². The number of anilines is 1. The molecule has 0 aromatic heterocycles. The van der Waals surface area contributed by atoms with Crippen LogP contribution in [0.1, 0.15) is 39.1 Å². The van der Waals surface area contributed by atoms with Crippen molar-refractivity contribution in [1.29, 1.82) is 0 Å². The van der Waals surface area contributed by atoms with Crippen LogP contribution in [0.25, 0.3) is 0 Å². The van der Waals surface area contributed by atoms with Crippen molar-refractivity contribution in [2.75, 3.05) is 5.32 Å². The predicted octanol–water partition coefficient (Wildman–Crippen LogP) is 4.55. The number of nitrogens with one attached hydrogen (secondary N) is 2. The topological polar surface area (TPSA) is 67.4 Å². The maximum absolute atomic E-state index is 13.0. The van der Waals surface area contributed by atoms with E-state index in [1.807, 2.05) is 0 Å². The van der Waals surface area contributed by atoms with Crippen LogP contribution in [-0.4, -0.2) is 17.9 Å². The summed E-state index contributed by atoms with van der Waals surface area (Å²) in [6, 6.07) is 20.0. The van der Waals surface area contributed by atoms with Gasteiger partial charge in [0.05, 0.1) is 0 Å². The van der Waals surface area contributed by atoms with E-state index in [0.717, 1.165) is 18.4 Å². The van der Waals surface area contributed by atoms with Gasteiger partial charge >= 0.3 is 0 Å². The number of amides is 2. The Morgan fingerprint density at radius 2 is 1.63 bits per heavy atom. The van der Waals surface area contributed by atoms with Crippen molar-refractivity contribution in [3.8, 4) is 5.75 Å². The van der Waals surface area contributed by atoms with Crippen molar-refractivity contribution < 1.29 is 18.7 Å². The fraction of sp³-hybridized carbons (Fsp3) is 0.167. The van der Waals surface area contributed by atoms with Crippen LogP contribution in [0.4, 0.5) is 10.1 Å². The van der Waals surface area contributed by atoms with E-state index in [0.29, 0.717) is 28.6 Å². The first-order valence-corrected chi connectivity index (χ1v) is 9.76. The van der Waals surface area contributed by atoms with Crippen LogP contribution >= 0.6 is 0 Å². The number of carbonyl (C=O) groups is 2. The molecule has 0 unspecified atom stereocenters. The van der Waals surface area contributed by atoms with Gasteiger partial charge in [-0.15, -0.1) is 0 Å². The molecule has 30 heavy (non-hydrogen) atoms. The van der Waals surface area contributed by atoms with E-state index >= 15 is 0 Å². The molecule has 0 spiro atoms. The highest BCUT2D eigenvalue weighted by atomic mass is 19.1. The molecule has 2 amide bonds. The first-order valence-electron chi connectivity index (χ1n) is 9.76. The molecule has 152 valence electrons. The first-order chi connectivity index (χ1) is 14.6. The van der Waals surface area contributed by atoms with Crippen molar-refractivity contribution in [3.05, 3.63) is 95.3 Å². The fourth-order valence-corrected chi connectivity index (χ4v) is 2.88. The zero-order valence-electron chi connectivity index (χ0n) is 16.2. The van der Waals surface area contributed by atoms with Crippen molar-refractivity contribution in [1.82, 2.24) is 5.32 Å². The van der Waals surface area contributed by atoms with Gasteiger partial charge in [-0.1, -0.05) is 18.2 Å². The van der Waals surface area contributed by atoms with Gasteiger partial charge in [0, 0.05) is 22.9 Å². The summed E-state index contributed by atoms with van der Waals surface area (Å²) in [6.45, 7) is 0.274. The average Bonchev–Trinajstić information content (AvgIpc) is 3.58. The molecule has 3 aromatic rings. The molecule has 0 aliphatic heterocycles. The highest BCUT2D eigenvalue weighted by Gasteiger charge is 2.23. The normalized spacial score (nSPS) is 12.8. The number of carbonyl (C=O) groups excluding carboxylic acids is 2. The maximum Gasteiger partial charge on any atom is 0.255 e. The van der Waals surface area contributed by atoms with Gasteiger partial charge in [0.25, 0.3) is 11.8 Å². The number of rotatable bonds is 7. The highest BCUT2D eigenvalue weighted by molar-refractivity contribution is 6.04. The third-order valence-corrected chi connectivity index (χ3v) is 4.73. The number of hydrogen-bond acceptors (Lipinski definition) is 3. The van der Waals surface area contributed by atoms with Crippen LogP contribution < -0.4 is 15.4 Å². The molecule has 0 atom stereocenters. The van der Waals surface area contributed by atoms with Crippen LogP contribution in [0, 0.1) is 5.82 Å². The minimum Gasteiger partial charge on any atom is -0.489 e. The molecule has 0 bridgehead atoms. The van der Waals surface area contributed by atoms with Gasteiger partial charge in [-0.2, -0.15) is 0 Å². The van der Waals surface area contributed by atoms with Crippen LogP contribution in [0.5, 0.6) is 5.75 Å². The minimum atomic E-state index is -0.297. The average molecular weight is 404 g/mol. The van der Waals surface area contributed by atoms with Crippen molar-refractivity contribution in [2.45, 2.75) is 25.5 Å². The van der Waals surface area contributed by atoms with Gasteiger partial charge in [0.15, 0.2) is 0 Å². The standard InChI is InChI=1S/C24H21FN2O3/c25-19-8-4-16(5-9-19)15-30-22-3-1-2-18(14-22)24(29)27-20-10-6-17(7-11-20)23(28)26-21-12-13-21/h1-11,14,21H,12-13,15H2,(H,26,28)(H,27,29). The molecule has 1 aliphatic rings. The van der Waals surface area contributed by atoms with E-state index in [1.54, 1.807) is 60.7 Å². The molecular weight excluding hydrogens is 383 g/mol. The molecule has 6 heteroatoms. The third-order valence-electron chi connectivity index (χ3n) is 4.73. The lowest BCUT2D eigenvalue weighted by Crippen LogP contribution is -2.25. The Balaban J connectivity index is 1.35. The maximum atomic E-state index is 13.0. The zero-order chi connectivity index (χ0) is 20.9. The molecule has 1 saturated carbocycles. The van der Waals surface area contributed by atoms with Gasteiger partial charge < -0.3 is 15.4 Å². The molecule has 1 aliphatic carbocycles. The highest BCUT2D eigenvalue weighted by Crippen LogP contribution is 2.20. The molecule has 4 rings (SSSR count). The molecule has 0 saturated heterocycles. The lowest BCUT2D eigenvalue weighted by Gasteiger charge is -2.10. The zero-order valence-corrected chi connectivity index (χ0v) is 16.2. The molecule has 2 N–H and O–H groups in total. The number of benzene rings is 3. The summed E-state index contributed by atoms with van der Waals surface area (Å²) in [5.74, 6) is -0.133. The van der Waals surface area contributed by atoms with Crippen molar-refractivity contribution >= 4 is 17.5 Å². The lowest BCUT2D eigenvalue weighted by molar-refractivity contribution is 0.0950. The monoisotopic (exact) mass is 404 g/mol. The SMILES string of the molecule is O=C(Nc1ccc(C(=O)NC2CC2)cc1)c1cccc(OCc2ccc(F)cc2)c1. The summed E-state index contributed by atoms with van der Waals surface area (Å²) in [7, 11) is 0. The largest absolute Gasteiger partial charge is 0.489 e. The summed E-state index contributed by atoms with van der Waals surface area (Å²) in [5, 5.41) is 5.75. The van der Waals surface area contributed by atoms with Crippen molar-refractivity contribution in [2.24, 2.45) is 0 Å². The van der Waals surface area contributed by atoms with Crippen molar-refractivity contribution in [3.63, 3.8) is 0 Å². The summed E-state index contributed by atoms with van der Waals surface area (Å²) in [5.41, 5.74) is 2.44. The predicted molar refractivity (Wildman–Crippen MR) is 112 cm³/mol. The second-order valence-electron chi connectivity index (χ2n) is 7.22. The summed E-state index contributed by atoms with van der Waals surface area (Å²) < 4.78 is 18.7. The van der Waals surface area contributed by atoms with Gasteiger partial charge in [-0.3, -0.25) is 9.59 Å². The Morgan fingerprint density at radius 1 is 0.900 bits per heavy atom. The second kappa shape index (κ2) is 8.78. The summed E-state index contributed by atoms with van der Waals surface area (Å²) in [6.07, 6.45) is 2.07. The van der Waals surface area contributed by atoms with E-state index in [1.165, 1.54) is 12.1 Å². The Kier molecular flexibility index (Phi) is 5.75. The smallest absolute Gasteiger partial charge is 0.255 e. The second-order valence-corrected chi connectivity index (χ2v) is 7.22. The molecular formula is C24H21FN2O3. The summed E-state index contributed by atoms with van der Waals surface area (Å²) in [4.78, 5) is 24.6. The summed E-state index contributed by atoms with van der Waals surface area (Å²) >= 11 is 0. The van der Waals surface area contributed by atoms with Gasteiger partial charge in [0.1, 0.15) is 18.2 Å². The number of hydrogen-bond donors (Lipinski definition) is 2. The van der Waals surface area contributed by atoms with Crippen LogP contribution in [0.15, 0.2) is 72.8 Å². The van der Waals surface area contributed by atoms with Gasteiger partial charge in [0.2, 0.25) is 0 Å². The number of halogens is 1. The number of ether oxygens (including phenoxy) is 1. The van der Waals surface area contributed by atoms with Gasteiger partial charge in [-0.25, -0.2) is 4.39 Å². The fourth-order valence-electron chi connectivity index (χ4n) is 2.88. The molecule has 1 fully saturated rings. The minimum absolute atomic E-state index is 0.0959. The molecule has 3 aromatic carbocycles. The lowest BCUT2D eigenvalue weighted by atomic mass is 10.1. The first kappa shape index (κ1) is 19.6. The van der Waals surface area contributed by atoms with E-state index in [2.05, 4.69) is 10.6 Å².